The summed E-state index contributed by atoms with van der Waals surface area (Å²) in [5.74, 6) is 0.432. The molecule has 0 fully saturated rings. The van der Waals surface area contributed by atoms with Crippen molar-refractivity contribution < 1.29 is 9.53 Å². The molecule has 1 aliphatic rings. The van der Waals surface area contributed by atoms with Crippen LogP contribution < -0.4 is 4.74 Å². The fourth-order valence-corrected chi connectivity index (χ4v) is 4.23. The maximum absolute atomic E-state index is 12.4. The van der Waals surface area contributed by atoms with Gasteiger partial charge in [0.25, 0.3) is 0 Å². The Morgan fingerprint density at radius 1 is 0.808 bits per heavy atom. The number of ether oxygens (including phenoxy) is 1. The number of esters is 1. The molecule has 0 saturated carbocycles. The average molecular weight is 342 g/mol. The number of rotatable bonds is 5. The zero-order chi connectivity index (χ0) is 18.0. The predicted octanol–water partition coefficient (Wildman–Crippen LogP) is 5.75. The van der Waals surface area contributed by atoms with Crippen LogP contribution in [0.3, 0.4) is 0 Å². The standard InChI is InChI=1S/C24H22O2/c1-2-24(17-16-23(25)26-18-10-4-3-5-11-18)21-14-8-6-12-19(21)20-13-7-9-15-22(20)24/h3-15H,2,16-17H2,1H3. The first kappa shape index (κ1) is 16.6. The first-order valence-electron chi connectivity index (χ1n) is 9.20. The lowest BCUT2D eigenvalue weighted by atomic mass is 9.72. The quantitative estimate of drug-likeness (QED) is 0.436. The van der Waals surface area contributed by atoms with Crippen LogP contribution in [0.25, 0.3) is 11.1 Å². The molecule has 2 nitrogen and oxygen atoms in total. The average Bonchev–Trinajstić information content (AvgIpc) is 2.98. The molecule has 3 aromatic carbocycles. The molecule has 0 aliphatic heterocycles. The third kappa shape index (κ3) is 2.72. The first-order valence-corrected chi connectivity index (χ1v) is 9.20. The van der Waals surface area contributed by atoms with E-state index >= 15 is 0 Å². The summed E-state index contributed by atoms with van der Waals surface area (Å²) < 4.78 is 5.50. The van der Waals surface area contributed by atoms with Crippen LogP contribution in [0.1, 0.15) is 37.3 Å². The smallest absolute Gasteiger partial charge is 0.311 e. The highest BCUT2D eigenvalue weighted by molar-refractivity contribution is 5.81. The molecule has 3 aromatic rings. The fraction of sp³-hybridized carbons (Fsp3) is 0.208. The van der Waals surface area contributed by atoms with E-state index in [9.17, 15) is 4.79 Å². The zero-order valence-electron chi connectivity index (χ0n) is 14.9. The Labute approximate surface area is 154 Å². The normalized spacial score (nSPS) is 13.7. The molecule has 0 amide bonds. The highest BCUT2D eigenvalue weighted by atomic mass is 16.5. The van der Waals surface area contributed by atoms with Crippen molar-refractivity contribution in [3.63, 3.8) is 0 Å². The third-order valence-corrected chi connectivity index (χ3v) is 5.51. The van der Waals surface area contributed by atoms with Crippen LogP contribution in [0.4, 0.5) is 0 Å². The van der Waals surface area contributed by atoms with Crippen molar-refractivity contribution in [2.75, 3.05) is 0 Å². The van der Waals surface area contributed by atoms with Gasteiger partial charge in [0.15, 0.2) is 0 Å². The summed E-state index contributed by atoms with van der Waals surface area (Å²) in [4.78, 5) is 12.4. The lowest BCUT2D eigenvalue weighted by molar-refractivity contribution is -0.134. The number of hydrogen-bond acceptors (Lipinski definition) is 2. The lowest BCUT2D eigenvalue weighted by Crippen LogP contribution is -2.26. The van der Waals surface area contributed by atoms with Gasteiger partial charge in [0.1, 0.15) is 5.75 Å². The molecule has 0 aromatic heterocycles. The van der Waals surface area contributed by atoms with Crippen molar-refractivity contribution >= 4 is 5.97 Å². The second-order valence-corrected chi connectivity index (χ2v) is 6.81. The van der Waals surface area contributed by atoms with Gasteiger partial charge in [-0.1, -0.05) is 73.7 Å². The second kappa shape index (κ2) is 6.80. The molecule has 130 valence electrons. The van der Waals surface area contributed by atoms with Gasteiger partial charge >= 0.3 is 5.97 Å². The second-order valence-electron chi connectivity index (χ2n) is 6.81. The highest BCUT2D eigenvalue weighted by Crippen LogP contribution is 2.52. The number of hydrogen-bond donors (Lipinski definition) is 0. The van der Waals surface area contributed by atoms with E-state index in [2.05, 4.69) is 55.5 Å². The Morgan fingerprint density at radius 3 is 1.92 bits per heavy atom. The van der Waals surface area contributed by atoms with Crippen LogP contribution in [0, 0.1) is 0 Å². The van der Waals surface area contributed by atoms with Crippen molar-refractivity contribution in [3.05, 3.63) is 90.0 Å². The van der Waals surface area contributed by atoms with Gasteiger partial charge < -0.3 is 4.74 Å². The van der Waals surface area contributed by atoms with Crippen LogP contribution >= 0.6 is 0 Å². The number of para-hydroxylation sites is 1. The summed E-state index contributed by atoms with van der Waals surface area (Å²) in [6, 6.07) is 26.5. The van der Waals surface area contributed by atoms with E-state index in [1.54, 1.807) is 0 Å². The molecule has 0 radical (unpaired) electrons. The van der Waals surface area contributed by atoms with Crippen molar-refractivity contribution in [1.82, 2.24) is 0 Å². The van der Waals surface area contributed by atoms with Gasteiger partial charge in [-0.2, -0.15) is 0 Å². The molecule has 0 heterocycles. The third-order valence-electron chi connectivity index (χ3n) is 5.51. The summed E-state index contributed by atoms with van der Waals surface area (Å²) in [5.41, 5.74) is 5.12. The summed E-state index contributed by atoms with van der Waals surface area (Å²) in [6.45, 7) is 2.21. The molecule has 0 bridgehead atoms. The minimum absolute atomic E-state index is 0.122. The minimum atomic E-state index is -0.175. The van der Waals surface area contributed by atoms with Gasteiger partial charge in [-0.25, -0.2) is 0 Å². The van der Waals surface area contributed by atoms with Crippen molar-refractivity contribution in [1.29, 1.82) is 0 Å². The van der Waals surface area contributed by atoms with Crippen LogP contribution in [0.15, 0.2) is 78.9 Å². The van der Waals surface area contributed by atoms with Crippen LogP contribution in [-0.4, -0.2) is 5.97 Å². The Morgan fingerprint density at radius 2 is 1.35 bits per heavy atom. The molecule has 0 saturated heterocycles. The van der Waals surface area contributed by atoms with E-state index in [1.807, 2.05) is 30.3 Å². The van der Waals surface area contributed by atoms with Crippen molar-refractivity contribution in [3.8, 4) is 16.9 Å². The summed E-state index contributed by atoms with van der Waals surface area (Å²) in [6.07, 6.45) is 2.11. The van der Waals surface area contributed by atoms with E-state index in [-0.39, 0.29) is 11.4 Å². The molecule has 26 heavy (non-hydrogen) atoms. The molecule has 4 rings (SSSR count). The number of benzene rings is 3. The maximum Gasteiger partial charge on any atom is 0.311 e. The summed E-state index contributed by atoms with van der Waals surface area (Å²) in [7, 11) is 0. The van der Waals surface area contributed by atoms with Gasteiger partial charge in [-0.15, -0.1) is 0 Å². The maximum atomic E-state index is 12.4. The highest BCUT2D eigenvalue weighted by Gasteiger charge is 2.41. The molecular weight excluding hydrogens is 320 g/mol. The van der Waals surface area contributed by atoms with Crippen LogP contribution in [0.5, 0.6) is 5.75 Å². The molecule has 0 spiro atoms. The molecular formula is C24H22O2. The fourth-order valence-electron chi connectivity index (χ4n) is 4.23. The Bertz CT molecular complexity index is 882. The topological polar surface area (TPSA) is 26.3 Å². The molecule has 0 atom stereocenters. The van der Waals surface area contributed by atoms with E-state index in [1.165, 1.54) is 22.3 Å². The number of fused-ring (bicyclic) bond motifs is 3. The van der Waals surface area contributed by atoms with Crippen molar-refractivity contribution in [2.24, 2.45) is 0 Å². The van der Waals surface area contributed by atoms with Crippen molar-refractivity contribution in [2.45, 2.75) is 31.6 Å². The Kier molecular flexibility index (Phi) is 4.34. The molecule has 1 aliphatic carbocycles. The van der Waals surface area contributed by atoms with E-state index in [4.69, 9.17) is 4.74 Å². The zero-order valence-corrected chi connectivity index (χ0v) is 14.9. The minimum Gasteiger partial charge on any atom is -0.427 e. The predicted molar refractivity (Wildman–Crippen MR) is 104 cm³/mol. The van der Waals surface area contributed by atoms with Gasteiger partial charge in [-0.3, -0.25) is 4.79 Å². The molecule has 0 unspecified atom stereocenters. The van der Waals surface area contributed by atoms with E-state index in [0.29, 0.717) is 12.2 Å². The summed E-state index contributed by atoms with van der Waals surface area (Å²) >= 11 is 0. The van der Waals surface area contributed by atoms with E-state index in [0.717, 1.165) is 12.8 Å². The lowest BCUT2D eigenvalue weighted by Gasteiger charge is -2.30. The first-order chi connectivity index (χ1) is 12.7. The van der Waals surface area contributed by atoms with Gasteiger partial charge in [0.2, 0.25) is 0 Å². The largest absolute Gasteiger partial charge is 0.427 e. The van der Waals surface area contributed by atoms with Crippen LogP contribution in [0.2, 0.25) is 0 Å². The monoisotopic (exact) mass is 342 g/mol. The number of carbonyl (C=O) groups is 1. The summed E-state index contributed by atoms with van der Waals surface area (Å²) in [5, 5.41) is 0. The Balaban J connectivity index is 1.62. The van der Waals surface area contributed by atoms with Gasteiger partial charge in [0.05, 0.1) is 0 Å². The molecule has 2 heteroatoms. The molecule has 0 N–H and O–H groups in total. The SMILES string of the molecule is CCC1(CCC(=O)Oc2ccccc2)c2ccccc2-c2ccccc21. The van der Waals surface area contributed by atoms with E-state index < -0.39 is 0 Å². The van der Waals surface area contributed by atoms with Crippen LogP contribution in [-0.2, 0) is 10.2 Å². The van der Waals surface area contributed by atoms with Gasteiger partial charge in [0, 0.05) is 11.8 Å². The van der Waals surface area contributed by atoms with Gasteiger partial charge in [-0.05, 0) is 47.2 Å². The number of carbonyl (C=O) groups excluding carboxylic acids is 1. The Hall–Kier alpha value is -2.87.